The second kappa shape index (κ2) is 2.98. The van der Waals surface area contributed by atoms with Gasteiger partial charge in [-0.1, -0.05) is 12.1 Å². The van der Waals surface area contributed by atoms with Gasteiger partial charge in [0.15, 0.2) is 0 Å². The Hall–Kier alpha value is -1.56. The van der Waals surface area contributed by atoms with E-state index < -0.39 is 10.1 Å². The minimum absolute atomic E-state index is 0.0249. The maximum absolute atomic E-state index is 11.4. The first-order valence-electron chi connectivity index (χ1n) is 3.80. The average Bonchev–Trinajstić information content (AvgIpc) is 2.41. The number of hydrogen-bond donors (Lipinski definition) is 0. The summed E-state index contributed by atoms with van der Waals surface area (Å²) in [5.74, 6) is -0.0249. The van der Waals surface area contributed by atoms with Crippen molar-refractivity contribution < 1.29 is 17.4 Å². The van der Waals surface area contributed by atoms with Gasteiger partial charge < -0.3 is 9.02 Å². The van der Waals surface area contributed by atoms with Crippen LogP contribution >= 0.6 is 0 Å². The first-order chi connectivity index (χ1) is 6.65. The summed E-state index contributed by atoms with van der Waals surface area (Å²) in [7, 11) is -2.36. The van der Waals surface area contributed by atoms with Gasteiger partial charge in [-0.15, -0.1) is 0 Å². The van der Waals surface area contributed by atoms with Gasteiger partial charge in [-0.2, -0.15) is 8.42 Å². The summed E-state index contributed by atoms with van der Waals surface area (Å²) in [4.78, 5) is 4.60. The largest absolute Gasteiger partial charge is 0.396 e. The van der Waals surface area contributed by atoms with Crippen molar-refractivity contribution in [3.63, 3.8) is 0 Å². The first-order valence-corrected chi connectivity index (χ1v) is 5.21. The summed E-state index contributed by atoms with van der Waals surface area (Å²) in [6, 6.07) is 6.39. The van der Waals surface area contributed by atoms with E-state index in [1.807, 2.05) is 0 Å². The molecule has 0 saturated carbocycles. The number of oxime groups is 1. The van der Waals surface area contributed by atoms with E-state index >= 15 is 0 Å². The number of hydrogen-bond acceptors (Lipinski definition) is 5. The van der Waals surface area contributed by atoms with Crippen molar-refractivity contribution in [1.82, 2.24) is 0 Å². The molecule has 5 nitrogen and oxygen atoms in total. The molecule has 0 bridgehead atoms. The monoisotopic (exact) mass is 213 g/mol. The molecular weight excluding hydrogens is 206 g/mol. The normalized spacial score (nSPS) is 20.2. The van der Waals surface area contributed by atoms with Crippen LogP contribution in [0.4, 0.5) is 0 Å². The van der Waals surface area contributed by atoms with Crippen molar-refractivity contribution >= 4 is 16.0 Å². The van der Waals surface area contributed by atoms with Crippen LogP contribution in [-0.4, -0.2) is 21.4 Å². The average molecular weight is 213 g/mol. The van der Waals surface area contributed by atoms with Crippen molar-refractivity contribution in [3.8, 4) is 0 Å². The van der Waals surface area contributed by atoms with E-state index in [0.29, 0.717) is 5.56 Å². The molecule has 0 amide bonds. The van der Waals surface area contributed by atoms with E-state index in [4.69, 9.17) is 0 Å². The van der Waals surface area contributed by atoms with Gasteiger partial charge in [0.1, 0.15) is 12.0 Å². The third-order valence-electron chi connectivity index (χ3n) is 1.75. The minimum atomic E-state index is -3.69. The standard InChI is InChI=1S/C8H7NO4S/c1-12-9-8-6-4-2-3-5-7(6)14(10,11)13-8/h2-5H,1H3. The van der Waals surface area contributed by atoms with Crippen LogP contribution in [0.5, 0.6) is 0 Å². The van der Waals surface area contributed by atoms with Gasteiger partial charge in [0.25, 0.3) is 5.90 Å². The van der Waals surface area contributed by atoms with E-state index in [9.17, 15) is 8.42 Å². The Bertz CT molecular complexity index is 492. The predicted molar refractivity (Wildman–Crippen MR) is 48.3 cm³/mol. The highest BCUT2D eigenvalue weighted by atomic mass is 32.2. The van der Waals surface area contributed by atoms with E-state index in [1.165, 1.54) is 13.2 Å². The predicted octanol–water partition coefficient (Wildman–Crippen LogP) is 0.714. The summed E-state index contributed by atoms with van der Waals surface area (Å²) >= 11 is 0. The molecule has 1 aliphatic heterocycles. The molecule has 0 atom stereocenters. The molecule has 0 unspecified atom stereocenters. The zero-order valence-corrected chi connectivity index (χ0v) is 8.11. The molecule has 6 heteroatoms. The SMILES string of the molecule is CON=C1OS(=O)(=O)c2ccccc21. The van der Waals surface area contributed by atoms with Crippen LogP contribution in [0.15, 0.2) is 34.3 Å². The van der Waals surface area contributed by atoms with E-state index in [2.05, 4.69) is 14.2 Å². The van der Waals surface area contributed by atoms with Crippen LogP contribution in [0, 0.1) is 0 Å². The number of rotatable bonds is 1. The quantitative estimate of drug-likeness (QED) is 0.509. The fourth-order valence-electron chi connectivity index (χ4n) is 1.20. The molecule has 0 saturated heterocycles. The first kappa shape index (κ1) is 9.01. The van der Waals surface area contributed by atoms with Gasteiger partial charge in [-0.3, -0.25) is 0 Å². The number of nitrogens with zero attached hydrogens (tertiary/aromatic N) is 1. The molecule has 0 spiro atoms. The van der Waals surface area contributed by atoms with Crippen LogP contribution in [0.1, 0.15) is 5.56 Å². The molecule has 0 fully saturated rings. The topological polar surface area (TPSA) is 65.0 Å². The Labute approximate surface area is 81.1 Å². The lowest BCUT2D eigenvalue weighted by Gasteiger charge is -1.93. The summed E-state index contributed by atoms with van der Waals surface area (Å²) < 4.78 is 27.4. The summed E-state index contributed by atoms with van der Waals surface area (Å²) in [6.45, 7) is 0. The van der Waals surface area contributed by atoms with E-state index in [-0.39, 0.29) is 10.8 Å². The Morgan fingerprint density at radius 3 is 2.79 bits per heavy atom. The van der Waals surface area contributed by atoms with Gasteiger partial charge >= 0.3 is 10.1 Å². The van der Waals surface area contributed by atoms with Crippen LogP contribution in [0.2, 0.25) is 0 Å². The van der Waals surface area contributed by atoms with Crippen molar-refractivity contribution in [2.24, 2.45) is 5.16 Å². The Balaban J connectivity index is 2.67. The van der Waals surface area contributed by atoms with Gasteiger partial charge in [0, 0.05) is 0 Å². The van der Waals surface area contributed by atoms with Crippen molar-refractivity contribution in [3.05, 3.63) is 29.8 Å². The second-order valence-corrected chi connectivity index (χ2v) is 4.13. The molecule has 1 aromatic carbocycles. The smallest absolute Gasteiger partial charge is 0.341 e. The third kappa shape index (κ3) is 1.24. The fourth-order valence-corrected chi connectivity index (χ4v) is 2.29. The van der Waals surface area contributed by atoms with Gasteiger partial charge in [-0.05, 0) is 17.3 Å². The molecule has 2 rings (SSSR count). The van der Waals surface area contributed by atoms with Gasteiger partial charge in [-0.25, -0.2) is 0 Å². The molecule has 0 radical (unpaired) electrons. The van der Waals surface area contributed by atoms with Crippen LogP contribution in [0.25, 0.3) is 0 Å². The van der Waals surface area contributed by atoms with Crippen molar-refractivity contribution in [1.29, 1.82) is 0 Å². The third-order valence-corrected chi connectivity index (χ3v) is 3.02. The van der Waals surface area contributed by atoms with Crippen LogP contribution in [0.3, 0.4) is 0 Å². The highest BCUT2D eigenvalue weighted by Gasteiger charge is 2.33. The molecule has 74 valence electrons. The zero-order valence-electron chi connectivity index (χ0n) is 7.30. The Morgan fingerprint density at radius 2 is 2.07 bits per heavy atom. The summed E-state index contributed by atoms with van der Waals surface area (Å²) in [6.07, 6.45) is 0. The molecule has 0 aromatic heterocycles. The molecule has 0 aliphatic carbocycles. The zero-order chi connectivity index (χ0) is 10.2. The molecular formula is C8H7NO4S. The number of benzene rings is 1. The molecule has 1 heterocycles. The minimum Gasteiger partial charge on any atom is -0.396 e. The van der Waals surface area contributed by atoms with E-state index in [1.54, 1.807) is 18.2 Å². The fraction of sp³-hybridized carbons (Fsp3) is 0.125. The van der Waals surface area contributed by atoms with Crippen LogP contribution < -0.4 is 0 Å². The lowest BCUT2D eigenvalue weighted by atomic mass is 10.2. The molecule has 0 N–H and O–H groups in total. The highest BCUT2D eigenvalue weighted by molar-refractivity contribution is 7.87. The molecule has 1 aromatic rings. The summed E-state index contributed by atoms with van der Waals surface area (Å²) in [5.41, 5.74) is 0.425. The highest BCUT2D eigenvalue weighted by Crippen LogP contribution is 2.27. The van der Waals surface area contributed by atoms with Crippen LogP contribution in [-0.2, 0) is 19.1 Å². The molecule has 14 heavy (non-hydrogen) atoms. The lowest BCUT2D eigenvalue weighted by molar-refractivity contribution is 0.207. The lowest BCUT2D eigenvalue weighted by Crippen LogP contribution is -2.01. The Morgan fingerprint density at radius 1 is 1.36 bits per heavy atom. The maximum Gasteiger partial charge on any atom is 0.341 e. The van der Waals surface area contributed by atoms with Gasteiger partial charge in [0.2, 0.25) is 0 Å². The van der Waals surface area contributed by atoms with E-state index in [0.717, 1.165) is 0 Å². The Kier molecular flexibility index (Phi) is 1.92. The second-order valence-electron chi connectivity index (χ2n) is 2.61. The van der Waals surface area contributed by atoms with Gasteiger partial charge in [0.05, 0.1) is 5.56 Å². The van der Waals surface area contributed by atoms with Crippen molar-refractivity contribution in [2.75, 3.05) is 7.11 Å². The maximum atomic E-state index is 11.4. The van der Waals surface area contributed by atoms with Crippen molar-refractivity contribution in [2.45, 2.75) is 4.90 Å². The number of fused-ring (bicyclic) bond motifs is 1. The molecule has 1 aliphatic rings. The summed E-state index contributed by atoms with van der Waals surface area (Å²) in [5, 5.41) is 3.48.